The van der Waals surface area contributed by atoms with Crippen molar-refractivity contribution in [2.75, 3.05) is 18.5 Å². The Hall–Kier alpha value is -3.22. The number of nitrogens with one attached hydrogen (secondary N) is 1. The summed E-state index contributed by atoms with van der Waals surface area (Å²) in [4.78, 5) is 12.6. The van der Waals surface area contributed by atoms with E-state index in [1.54, 1.807) is 12.1 Å². The fourth-order valence-corrected chi connectivity index (χ4v) is 3.22. The van der Waals surface area contributed by atoms with Gasteiger partial charge in [-0.25, -0.2) is 0 Å². The topological polar surface area (TPSA) is 71.3 Å². The number of nitriles is 1. The van der Waals surface area contributed by atoms with E-state index in [2.05, 4.69) is 27.2 Å². The maximum Gasteiger partial charge on any atom is 0.266 e. The van der Waals surface area contributed by atoms with Crippen molar-refractivity contribution in [1.82, 2.24) is 0 Å². The zero-order chi connectivity index (χ0) is 21.4. The lowest BCUT2D eigenvalue weighted by Gasteiger charge is -2.13. The summed E-state index contributed by atoms with van der Waals surface area (Å²) in [5.41, 5.74) is 3.26. The number of anilines is 1. The van der Waals surface area contributed by atoms with Crippen LogP contribution in [-0.2, 0) is 4.79 Å². The minimum atomic E-state index is -0.485. The van der Waals surface area contributed by atoms with E-state index in [0.717, 1.165) is 11.1 Å². The molecule has 0 heterocycles. The molecule has 0 atom stereocenters. The maximum atomic E-state index is 12.6. The van der Waals surface area contributed by atoms with Gasteiger partial charge in [0.1, 0.15) is 18.2 Å². The van der Waals surface area contributed by atoms with Gasteiger partial charge in [-0.15, -0.1) is 6.42 Å². The molecular formula is C23H21BrN2O3. The Morgan fingerprint density at radius 3 is 2.66 bits per heavy atom. The van der Waals surface area contributed by atoms with Gasteiger partial charge in [0.15, 0.2) is 11.5 Å². The maximum absolute atomic E-state index is 12.6. The molecule has 1 amide bonds. The molecule has 2 rings (SSSR count). The first-order chi connectivity index (χ1) is 13.9. The van der Waals surface area contributed by atoms with Crippen molar-refractivity contribution in [3.63, 3.8) is 0 Å². The molecule has 5 nitrogen and oxygen atoms in total. The first-order valence-corrected chi connectivity index (χ1v) is 9.71. The van der Waals surface area contributed by atoms with Gasteiger partial charge in [0.2, 0.25) is 0 Å². The van der Waals surface area contributed by atoms with Crippen LogP contribution in [0.3, 0.4) is 0 Å². The largest absolute Gasteiger partial charge is 0.490 e. The third-order valence-electron chi connectivity index (χ3n) is 3.94. The highest BCUT2D eigenvalue weighted by Crippen LogP contribution is 2.37. The molecule has 148 valence electrons. The van der Waals surface area contributed by atoms with Crippen molar-refractivity contribution in [2.24, 2.45) is 0 Å². The number of ether oxygens (including phenoxy) is 2. The third-order valence-corrected chi connectivity index (χ3v) is 4.53. The van der Waals surface area contributed by atoms with E-state index in [0.29, 0.717) is 33.8 Å². The summed E-state index contributed by atoms with van der Waals surface area (Å²) in [5, 5.41) is 12.3. The number of hydrogen-bond acceptors (Lipinski definition) is 4. The van der Waals surface area contributed by atoms with Gasteiger partial charge in [0, 0.05) is 5.69 Å². The Kier molecular flexibility index (Phi) is 7.88. The number of halogens is 1. The highest BCUT2D eigenvalue weighted by molar-refractivity contribution is 9.10. The summed E-state index contributed by atoms with van der Waals surface area (Å²) in [6, 6.07) is 11.1. The van der Waals surface area contributed by atoms with Crippen molar-refractivity contribution in [1.29, 1.82) is 5.26 Å². The predicted molar refractivity (Wildman–Crippen MR) is 118 cm³/mol. The molecule has 0 aliphatic rings. The molecule has 0 unspecified atom stereocenters. The molecular weight excluding hydrogens is 432 g/mol. The molecule has 0 bridgehead atoms. The second-order valence-corrected chi connectivity index (χ2v) is 7.05. The SMILES string of the molecule is C#CCOc1c(Br)cc(/C=C(\C#N)C(=O)Nc2ccc(C)cc2C)cc1OCC. The number of carbonyl (C=O) groups excluding carboxylic acids is 1. The van der Waals surface area contributed by atoms with Gasteiger partial charge in [-0.05, 0) is 72.1 Å². The molecule has 0 aliphatic carbocycles. The van der Waals surface area contributed by atoms with Gasteiger partial charge in [0.25, 0.3) is 5.91 Å². The lowest BCUT2D eigenvalue weighted by atomic mass is 10.1. The summed E-state index contributed by atoms with van der Waals surface area (Å²) < 4.78 is 11.8. The number of carbonyl (C=O) groups is 1. The molecule has 29 heavy (non-hydrogen) atoms. The number of hydrogen-bond donors (Lipinski definition) is 1. The Bertz CT molecular complexity index is 1030. The normalized spacial score (nSPS) is 10.6. The van der Waals surface area contributed by atoms with Gasteiger partial charge in [-0.1, -0.05) is 23.6 Å². The quantitative estimate of drug-likeness (QED) is 0.363. The fourth-order valence-electron chi connectivity index (χ4n) is 2.65. The molecule has 2 aromatic rings. The van der Waals surface area contributed by atoms with Crippen molar-refractivity contribution in [2.45, 2.75) is 20.8 Å². The van der Waals surface area contributed by atoms with E-state index in [1.807, 2.05) is 45.0 Å². The van der Waals surface area contributed by atoms with E-state index in [9.17, 15) is 10.1 Å². The van der Waals surface area contributed by atoms with Crippen molar-refractivity contribution in [3.05, 3.63) is 57.1 Å². The molecule has 2 aromatic carbocycles. The number of benzene rings is 2. The van der Waals surface area contributed by atoms with Crippen molar-refractivity contribution >= 4 is 33.6 Å². The van der Waals surface area contributed by atoms with Crippen LogP contribution in [0.15, 0.2) is 40.4 Å². The summed E-state index contributed by atoms with van der Waals surface area (Å²) in [6.07, 6.45) is 6.76. The van der Waals surface area contributed by atoms with Crippen LogP contribution >= 0.6 is 15.9 Å². The fraction of sp³-hybridized carbons (Fsp3) is 0.217. The number of aryl methyl sites for hydroxylation is 2. The highest BCUT2D eigenvalue weighted by atomic mass is 79.9. The molecule has 0 aliphatic heterocycles. The smallest absolute Gasteiger partial charge is 0.266 e. The van der Waals surface area contributed by atoms with Gasteiger partial charge >= 0.3 is 0 Å². The lowest BCUT2D eigenvalue weighted by molar-refractivity contribution is -0.112. The number of rotatable bonds is 7. The van der Waals surface area contributed by atoms with E-state index in [1.165, 1.54) is 6.08 Å². The molecule has 0 spiro atoms. The van der Waals surface area contributed by atoms with E-state index >= 15 is 0 Å². The van der Waals surface area contributed by atoms with Gasteiger partial charge < -0.3 is 14.8 Å². The monoisotopic (exact) mass is 452 g/mol. The van der Waals surface area contributed by atoms with Gasteiger partial charge in [0.05, 0.1) is 11.1 Å². The van der Waals surface area contributed by atoms with E-state index in [-0.39, 0.29) is 12.2 Å². The van der Waals surface area contributed by atoms with Crippen molar-refractivity contribution < 1.29 is 14.3 Å². The van der Waals surface area contributed by atoms with Crippen LogP contribution in [0.5, 0.6) is 11.5 Å². The van der Waals surface area contributed by atoms with Crippen LogP contribution in [0.4, 0.5) is 5.69 Å². The zero-order valence-electron chi connectivity index (χ0n) is 16.5. The Labute approximate surface area is 179 Å². The summed E-state index contributed by atoms with van der Waals surface area (Å²) >= 11 is 3.43. The molecule has 0 saturated carbocycles. The van der Waals surface area contributed by atoms with Crippen LogP contribution in [0.1, 0.15) is 23.6 Å². The van der Waals surface area contributed by atoms with Crippen LogP contribution in [0.25, 0.3) is 6.08 Å². The molecule has 0 saturated heterocycles. The standard InChI is InChI=1S/C23H21BrN2O3/c1-5-9-29-22-19(24)12-17(13-21(22)28-6-2)11-18(14-25)23(27)26-20-8-7-15(3)10-16(20)4/h1,7-8,10-13H,6,9H2,2-4H3,(H,26,27)/b18-11+. The summed E-state index contributed by atoms with van der Waals surface area (Å²) in [7, 11) is 0. The Morgan fingerprint density at radius 1 is 1.28 bits per heavy atom. The number of amides is 1. The Balaban J connectivity index is 2.35. The van der Waals surface area contributed by atoms with Gasteiger partial charge in [-0.3, -0.25) is 4.79 Å². The number of nitrogens with zero attached hydrogens (tertiary/aromatic N) is 1. The Morgan fingerprint density at radius 2 is 2.03 bits per heavy atom. The average molecular weight is 453 g/mol. The van der Waals surface area contributed by atoms with E-state index < -0.39 is 5.91 Å². The minimum absolute atomic E-state index is 0.0309. The number of terminal acetylenes is 1. The molecule has 0 fully saturated rings. The first kappa shape index (κ1) is 22.1. The molecule has 6 heteroatoms. The van der Waals surface area contributed by atoms with Crippen LogP contribution in [0, 0.1) is 37.5 Å². The first-order valence-electron chi connectivity index (χ1n) is 8.92. The zero-order valence-corrected chi connectivity index (χ0v) is 18.1. The second kappa shape index (κ2) is 10.4. The van der Waals surface area contributed by atoms with Crippen LogP contribution in [-0.4, -0.2) is 19.1 Å². The van der Waals surface area contributed by atoms with Crippen LogP contribution in [0.2, 0.25) is 0 Å². The summed E-state index contributed by atoms with van der Waals surface area (Å²) in [5.74, 6) is 2.86. The second-order valence-electron chi connectivity index (χ2n) is 6.20. The average Bonchev–Trinajstić information content (AvgIpc) is 2.67. The lowest BCUT2D eigenvalue weighted by Crippen LogP contribution is -2.14. The van der Waals surface area contributed by atoms with Crippen LogP contribution < -0.4 is 14.8 Å². The minimum Gasteiger partial charge on any atom is -0.490 e. The molecule has 0 radical (unpaired) electrons. The van der Waals surface area contributed by atoms with Crippen molar-refractivity contribution in [3.8, 4) is 29.9 Å². The summed E-state index contributed by atoms with van der Waals surface area (Å²) in [6.45, 7) is 6.24. The molecule has 0 aromatic heterocycles. The highest BCUT2D eigenvalue weighted by Gasteiger charge is 2.15. The third kappa shape index (κ3) is 5.88. The van der Waals surface area contributed by atoms with Gasteiger partial charge in [-0.2, -0.15) is 5.26 Å². The predicted octanol–water partition coefficient (Wildman–Crippen LogP) is 5.02. The molecule has 1 N–H and O–H groups in total. The van der Waals surface area contributed by atoms with E-state index in [4.69, 9.17) is 15.9 Å².